The summed E-state index contributed by atoms with van der Waals surface area (Å²) in [5.74, 6) is 1.67. The minimum atomic E-state index is 0.600. The molecule has 0 aromatic heterocycles. The van der Waals surface area contributed by atoms with Crippen molar-refractivity contribution in [3.05, 3.63) is 52.5 Å². The molecule has 2 aromatic carbocycles. The second-order valence-corrected chi connectivity index (χ2v) is 6.95. The van der Waals surface area contributed by atoms with Gasteiger partial charge in [0, 0.05) is 37.7 Å². The number of ether oxygens (including phenoxy) is 2. The lowest BCUT2D eigenvalue weighted by Gasteiger charge is -2.36. The molecule has 2 heterocycles. The quantitative estimate of drug-likeness (QED) is 0.830. The first-order valence-corrected chi connectivity index (χ1v) is 9.16. The minimum absolute atomic E-state index is 0.600. The molecule has 6 heteroatoms. The van der Waals surface area contributed by atoms with Crippen molar-refractivity contribution in [3.63, 3.8) is 0 Å². The number of rotatable bonds is 3. The predicted molar refractivity (Wildman–Crippen MR) is 101 cm³/mol. The largest absolute Gasteiger partial charge is 0.486 e. The first-order valence-electron chi connectivity index (χ1n) is 8.78. The normalized spacial score (nSPS) is 17.0. The third-order valence-corrected chi connectivity index (χ3v) is 5.04. The highest BCUT2D eigenvalue weighted by molar-refractivity contribution is 6.30. The lowest BCUT2D eigenvalue weighted by molar-refractivity contribution is 0.171. The smallest absolute Gasteiger partial charge is 0.161 e. The van der Waals surface area contributed by atoms with Crippen LogP contribution in [0.25, 0.3) is 0 Å². The average molecular weight is 370 g/mol. The van der Waals surface area contributed by atoms with Gasteiger partial charge in [-0.25, -0.2) is 0 Å². The molecule has 26 heavy (non-hydrogen) atoms. The molecule has 2 aliphatic rings. The number of piperazine rings is 1. The van der Waals surface area contributed by atoms with Crippen molar-refractivity contribution in [1.29, 1.82) is 5.26 Å². The molecule has 0 amide bonds. The van der Waals surface area contributed by atoms with E-state index >= 15 is 0 Å². The number of anilines is 1. The van der Waals surface area contributed by atoms with Gasteiger partial charge in [-0.2, -0.15) is 5.26 Å². The molecule has 0 atom stereocenters. The molecule has 0 bridgehead atoms. The van der Waals surface area contributed by atoms with Crippen molar-refractivity contribution >= 4 is 17.3 Å². The number of fused-ring (bicyclic) bond motifs is 1. The lowest BCUT2D eigenvalue weighted by Crippen LogP contribution is -2.46. The Labute approximate surface area is 158 Å². The molecule has 1 saturated heterocycles. The van der Waals surface area contributed by atoms with E-state index in [0.29, 0.717) is 23.8 Å². The first-order chi connectivity index (χ1) is 12.7. The third kappa shape index (κ3) is 3.57. The van der Waals surface area contributed by atoms with Crippen molar-refractivity contribution in [3.8, 4) is 17.6 Å². The second-order valence-electron chi connectivity index (χ2n) is 6.51. The minimum Gasteiger partial charge on any atom is -0.486 e. The summed E-state index contributed by atoms with van der Waals surface area (Å²) in [5, 5.41) is 9.95. The molecule has 134 valence electrons. The van der Waals surface area contributed by atoms with Gasteiger partial charge in [0.15, 0.2) is 11.5 Å². The average Bonchev–Trinajstić information content (AvgIpc) is 2.68. The number of hydrogen-bond donors (Lipinski definition) is 0. The summed E-state index contributed by atoms with van der Waals surface area (Å²) < 4.78 is 11.3. The summed E-state index contributed by atoms with van der Waals surface area (Å²) in [6, 6.07) is 13.9. The van der Waals surface area contributed by atoms with E-state index in [-0.39, 0.29) is 0 Å². The van der Waals surface area contributed by atoms with Crippen LogP contribution in [0.3, 0.4) is 0 Å². The van der Waals surface area contributed by atoms with Crippen LogP contribution in [0.2, 0.25) is 5.02 Å². The van der Waals surface area contributed by atoms with E-state index in [2.05, 4.69) is 28.0 Å². The van der Waals surface area contributed by atoms with Crippen LogP contribution in [0.1, 0.15) is 11.1 Å². The number of halogens is 1. The van der Waals surface area contributed by atoms with Gasteiger partial charge < -0.3 is 14.4 Å². The van der Waals surface area contributed by atoms with Crippen LogP contribution in [0.15, 0.2) is 36.4 Å². The van der Waals surface area contributed by atoms with Gasteiger partial charge in [0.1, 0.15) is 19.3 Å². The van der Waals surface area contributed by atoms with Crippen LogP contribution in [-0.4, -0.2) is 44.3 Å². The van der Waals surface area contributed by atoms with Crippen molar-refractivity contribution < 1.29 is 9.47 Å². The molecule has 0 N–H and O–H groups in total. The zero-order valence-electron chi connectivity index (χ0n) is 14.4. The molecule has 0 spiro atoms. The summed E-state index contributed by atoms with van der Waals surface area (Å²) in [4.78, 5) is 4.68. The Hall–Kier alpha value is -2.42. The topological polar surface area (TPSA) is 48.7 Å². The van der Waals surface area contributed by atoms with Gasteiger partial charge in [0.25, 0.3) is 0 Å². The Morgan fingerprint density at radius 3 is 2.50 bits per heavy atom. The van der Waals surface area contributed by atoms with Crippen LogP contribution in [-0.2, 0) is 6.54 Å². The van der Waals surface area contributed by atoms with E-state index in [0.717, 1.165) is 49.9 Å². The number of hydrogen-bond acceptors (Lipinski definition) is 5. The maximum absolute atomic E-state index is 9.35. The SMILES string of the molecule is N#Cc1cc(Cl)ccc1N1CCN(Cc2ccc3c(c2)OCCO3)CC1. The monoisotopic (exact) mass is 369 g/mol. The molecular weight excluding hydrogens is 350 g/mol. The second kappa shape index (κ2) is 7.45. The van der Waals surface area contributed by atoms with E-state index in [9.17, 15) is 5.26 Å². The van der Waals surface area contributed by atoms with Crippen LogP contribution >= 0.6 is 11.6 Å². The Kier molecular flexibility index (Phi) is 4.87. The third-order valence-electron chi connectivity index (χ3n) is 4.80. The standard InChI is InChI=1S/C20H20ClN3O2/c21-17-2-3-18(16(12-17)13-22)24-7-5-23(6-8-24)14-15-1-4-19-20(11-15)26-10-9-25-19/h1-4,11-12H,5-10,14H2. The molecule has 1 fully saturated rings. The maximum Gasteiger partial charge on any atom is 0.161 e. The van der Waals surface area contributed by atoms with E-state index < -0.39 is 0 Å². The van der Waals surface area contributed by atoms with Crippen molar-refractivity contribution in [2.24, 2.45) is 0 Å². The van der Waals surface area contributed by atoms with Gasteiger partial charge in [-0.1, -0.05) is 17.7 Å². The summed E-state index contributed by atoms with van der Waals surface area (Å²) in [7, 11) is 0. The van der Waals surface area contributed by atoms with Crippen molar-refractivity contribution in [2.45, 2.75) is 6.54 Å². The highest BCUT2D eigenvalue weighted by atomic mass is 35.5. The first kappa shape index (κ1) is 17.0. The van der Waals surface area contributed by atoms with Gasteiger partial charge in [-0.15, -0.1) is 0 Å². The van der Waals surface area contributed by atoms with Gasteiger partial charge in [0.05, 0.1) is 11.3 Å². The summed E-state index contributed by atoms with van der Waals surface area (Å²) >= 11 is 6.00. The van der Waals surface area contributed by atoms with Crippen LogP contribution < -0.4 is 14.4 Å². The molecule has 0 saturated carbocycles. The molecule has 0 aliphatic carbocycles. The number of nitrogens with zero attached hydrogens (tertiary/aromatic N) is 3. The van der Waals surface area contributed by atoms with Gasteiger partial charge in [-0.3, -0.25) is 4.90 Å². The maximum atomic E-state index is 9.35. The fraction of sp³-hybridized carbons (Fsp3) is 0.350. The van der Waals surface area contributed by atoms with Gasteiger partial charge in [0.2, 0.25) is 0 Å². The molecule has 5 nitrogen and oxygen atoms in total. The summed E-state index contributed by atoms with van der Waals surface area (Å²) in [5.41, 5.74) is 2.83. The molecule has 2 aromatic rings. The Bertz CT molecular complexity index is 841. The van der Waals surface area contributed by atoms with Crippen molar-refractivity contribution in [1.82, 2.24) is 4.90 Å². The number of nitriles is 1. The van der Waals surface area contributed by atoms with Gasteiger partial charge in [-0.05, 0) is 35.9 Å². The Morgan fingerprint density at radius 2 is 1.73 bits per heavy atom. The zero-order chi connectivity index (χ0) is 17.9. The molecule has 4 rings (SSSR count). The van der Waals surface area contributed by atoms with E-state index in [1.54, 1.807) is 6.07 Å². The predicted octanol–water partition coefficient (Wildman–Crippen LogP) is 3.31. The number of benzene rings is 2. The highest BCUT2D eigenvalue weighted by Gasteiger charge is 2.20. The Balaban J connectivity index is 1.39. The van der Waals surface area contributed by atoms with Crippen LogP contribution in [0.5, 0.6) is 11.5 Å². The molecule has 0 radical (unpaired) electrons. The summed E-state index contributed by atoms with van der Waals surface area (Å²) in [6.45, 7) is 5.78. The molecule has 0 unspecified atom stereocenters. The fourth-order valence-electron chi connectivity index (χ4n) is 3.46. The van der Waals surface area contributed by atoms with Crippen LogP contribution in [0.4, 0.5) is 5.69 Å². The van der Waals surface area contributed by atoms with E-state index in [1.165, 1.54) is 5.56 Å². The summed E-state index contributed by atoms with van der Waals surface area (Å²) in [6.07, 6.45) is 0. The van der Waals surface area contributed by atoms with E-state index in [1.807, 2.05) is 18.2 Å². The van der Waals surface area contributed by atoms with Crippen molar-refractivity contribution in [2.75, 3.05) is 44.3 Å². The highest BCUT2D eigenvalue weighted by Crippen LogP contribution is 2.31. The van der Waals surface area contributed by atoms with Gasteiger partial charge >= 0.3 is 0 Å². The lowest BCUT2D eigenvalue weighted by atomic mass is 10.1. The van der Waals surface area contributed by atoms with Crippen LogP contribution in [0, 0.1) is 11.3 Å². The molecule has 2 aliphatic heterocycles. The van der Waals surface area contributed by atoms with E-state index in [4.69, 9.17) is 21.1 Å². The Morgan fingerprint density at radius 1 is 0.962 bits per heavy atom. The molecular formula is C20H20ClN3O2. The fourth-order valence-corrected chi connectivity index (χ4v) is 3.64. The zero-order valence-corrected chi connectivity index (χ0v) is 15.2.